The molecule has 0 amide bonds. The summed E-state index contributed by atoms with van der Waals surface area (Å²) in [7, 11) is 2.24. The minimum Gasteiger partial charge on any atom is -0.309 e. The molecule has 0 saturated carbocycles. The van der Waals surface area contributed by atoms with Crippen LogP contribution in [0, 0.1) is 19.8 Å². The fraction of sp³-hybridized carbons (Fsp3) is 0.667. The molecule has 0 aromatic heterocycles. The fourth-order valence-corrected chi connectivity index (χ4v) is 2.62. The van der Waals surface area contributed by atoms with Gasteiger partial charge in [0, 0.05) is 18.6 Å². The average Bonchev–Trinajstić information content (AvgIpc) is 2.40. The summed E-state index contributed by atoms with van der Waals surface area (Å²) in [5.74, 6) is 0.681. The minimum atomic E-state index is 0.408. The summed E-state index contributed by atoms with van der Waals surface area (Å²) in [6.45, 7) is 15.5. The highest BCUT2D eigenvalue weighted by molar-refractivity contribution is 5.33. The normalized spacial score (nSPS) is 14.8. The van der Waals surface area contributed by atoms with E-state index in [1.807, 2.05) is 0 Å². The number of hydrogen-bond acceptors (Lipinski definition) is 2. The fourth-order valence-electron chi connectivity index (χ4n) is 2.62. The number of hydrogen-bond donors (Lipinski definition) is 1. The van der Waals surface area contributed by atoms with Crippen molar-refractivity contribution < 1.29 is 0 Å². The van der Waals surface area contributed by atoms with Crippen LogP contribution in [0.4, 0.5) is 0 Å². The van der Waals surface area contributed by atoms with Crippen molar-refractivity contribution in [3.63, 3.8) is 0 Å². The summed E-state index contributed by atoms with van der Waals surface area (Å²) < 4.78 is 0. The van der Waals surface area contributed by atoms with Gasteiger partial charge in [0.05, 0.1) is 0 Å². The molecule has 0 aliphatic carbocycles. The van der Waals surface area contributed by atoms with Gasteiger partial charge < -0.3 is 10.2 Å². The Bertz CT molecular complexity index is 412. The summed E-state index contributed by atoms with van der Waals surface area (Å²) in [4.78, 5) is 2.47. The van der Waals surface area contributed by atoms with E-state index >= 15 is 0 Å². The zero-order valence-electron chi connectivity index (χ0n) is 14.3. The number of nitrogens with one attached hydrogen (secondary N) is 1. The number of benzene rings is 1. The number of aryl methyl sites for hydroxylation is 2. The maximum absolute atomic E-state index is 3.65. The van der Waals surface area contributed by atoms with Crippen molar-refractivity contribution in [2.24, 2.45) is 5.92 Å². The molecule has 0 saturated heterocycles. The molecule has 0 radical (unpaired) electrons. The lowest BCUT2D eigenvalue weighted by Gasteiger charge is -2.32. The standard InChI is InChI=1S/C18H32N2/c1-8-19-18(12-20(7)16(6)13(2)3)17-11-14(4)9-10-15(17)5/h9-11,13,16,18-19H,8,12H2,1-7H3. The van der Waals surface area contributed by atoms with Crippen LogP contribution in [0.25, 0.3) is 0 Å². The summed E-state index contributed by atoms with van der Waals surface area (Å²) in [5, 5.41) is 3.65. The van der Waals surface area contributed by atoms with Gasteiger partial charge in [-0.25, -0.2) is 0 Å². The Kier molecular flexibility index (Phi) is 6.70. The van der Waals surface area contributed by atoms with Gasteiger partial charge in [0.15, 0.2) is 0 Å². The van der Waals surface area contributed by atoms with Gasteiger partial charge >= 0.3 is 0 Å². The predicted octanol–water partition coefficient (Wildman–Crippen LogP) is 3.93. The Labute approximate surface area is 125 Å². The van der Waals surface area contributed by atoms with Crippen LogP contribution in [0.3, 0.4) is 0 Å². The SMILES string of the molecule is CCNC(CN(C)C(C)C(C)C)c1cc(C)ccc1C. The molecule has 2 heteroatoms. The summed E-state index contributed by atoms with van der Waals surface area (Å²) in [6.07, 6.45) is 0. The second kappa shape index (κ2) is 7.80. The van der Waals surface area contributed by atoms with Crippen LogP contribution in [-0.2, 0) is 0 Å². The molecule has 0 fully saturated rings. The topological polar surface area (TPSA) is 15.3 Å². The highest BCUT2D eigenvalue weighted by Crippen LogP contribution is 2.21. The van der Waals surface area contributed by atoms with Crippen LogP contribution in [0.1, 0.15) is 50.4 Å². The molecular weight excluding hydrogens is 244 g/mol. The Hall–Kier alpha value is -0.860. The van der Waals surface area contributed by atoms with E-state index in [2.05, 4.69) is 77.0 Å². The maximum Gasteiger partial charge on any atom is 0.0451 e. The Balaban J connectivity index is 2.91. The van der Waals surface area contributed by atoms with E-state index in [1.165, 1.54) is 16.7 Å². The lowest BCUT2D eigenvalue weighted by Crippen LogP contribution is -2.40. The van der Waals surface area contributed by atoms with Crippen molar-refractivity contribution >= 4 is 0 Å². The van der Waals surface area contributed by atoms with E-state index in [-0.39, 0.29) is 0 Å². The van der Waals surface area contributed by atoms with Gasteiger partial charge in [0.2, 0.25) is 0 Å². The summed E-state index contributed by atoms with van der Waals surface area (Å²) in [6, 6.07) is 7.77. The van der Waals surface area contributed by atoms with Gasteiger partial charge in [0.25, 0.3) is 0 Å². The zero-order chi connectivity index (χ0) is 15.3. The highest BCUT2D eigenvalue weighted by atomic mass is 15.2. The van der Waals surface area contributed by atoms with E-state index < -0.39 is 0 Å². The van der Waals surface area contributed by atoms with E-state index in [0.29, 0.717) is 18.0 Å². The molecule has 114 valence electrons. The molecule has 2 nitrogen and oxygen atoms in total. The van der Waals surface area contributed by atoms with Crippen molar-refractivity contribution in [2.45, 2.75) is 53.6 Å². The van der Waals surface area contributed by atoms with E-state index in [1.54, 1.807) is 0 Å². The lowest BCUT2D eigenvalue weighted by atomic mass is 9.97. The smallest absolute Gasteiger partial charge is 0.0451 e. The van der Waals surface area contributed by atoms with Crippen molar-refractivity contribution in [3.05, 3.63) is 34.9 Å². The van der Waals surface area contributed by atoms with Gasteiger partial charge in [-0.05, 0) is 51.4 Å². The van der Waals surface area contributed by atoms with Crippen LogP contribution in [0.5, 0.6) is 0 Å². The first kappa shape index (κ1) is 17.2. The third kappa shape index (κ3) is 4.60. The van der Waals surface area contributed by atoms with Crippen LogP contribution >= 0.6 is 0 Å². The van der Waals surface area contributed by atoms with Crippen molar-refractivity contribution in [3.8, 4) is 0 Å². The third-order valence-electron chi connectivity index (χ3n) is 4.39. The second-order valence-corrected chi connectivity index (χ2v) is 6.39. The molecule has 1 aromatic carbocycles. The molecule has 1 aromatic rings. The molecule has 1 rings (SSSR count). The summed E-state index contributed by atoms with van der Waals surface area (Å²) >= 11 is 0. The molecule has 0 heterocycles. The second-order valence-electron chi connectivity index (χ2n) is 6.39. The molecule has 0 spiro atoms. The number of nitrogens with zero attached hydrogens (tertiary/aromatic N) is 1. The van der Waals surface area contributed by atoms with Crippen LogP contribution < -0.4 is 5.32 Å². The van der Waals surface area contributed by atoms with Crippen molar-refractivity contribution in [1.82, 2.24) is 10.2 Å². The predicted molar refractivity (Wildman–Crippen MR) is 89.3 cm³/mol. The molecule has 20 heavy (non-hydrogen) atoms. The average molecular weight is 276 g/mol. The largest absolute Gasteiger partial charge is 0.309 e. The van der Waals surface area contributed by atoms with Crippen LogP contribution in [0.15, 0.2) is 18.2 Å². The quantitative estimate of drug-likeness (QED) is 0.811. The molecule has 2 unspecified atom stereocenters. The molecule has 0 bridgehead atoms. The maximum atomic E-state index is 3.65. The lowest BCUT2D eigenvalue weighted by molar-refractivity contribution is 0.188. The zero-order valence-corrected chi connectivity index (χ0v) is 14.3. The Morgan fingerprint density at radius 1 is 1.15 bits per heavy atom. The molecule has 2 atom stereocenters. The minimum absolute atomic E-state index is 0.408. The van der Waals surface area contributed by atoms with Gasteiger partial charge in [0.1, 0.15) is 0 Å². The molecule has 1 N–H and O–H groups in total. The van der Waals surface area contributed by atoms with E-state index in [9.17, 15) is 0 Å². The first-order valence-corrected chi connectivity index (χ1v) is 7.87. The van der Waals surface area contributed by atoms with Gasteiger partial charge in [-0.15, -0.1) is 0 Å². The van der Waals surface area contributed by atoms with Crippen molar-refractivity contribution in [1.29, 1.82) is 0 Å². The van der Waals surface area contributed by atoms with E-state index in [0.717, 1.165) is 13.1 Å². The number of likely N-dealkylation sites (N-methyl/N-ethyl adjacent to an activating group) is 2. The first-order valence-electron chi connectivity index (χ1n) is 7.87. The first-order chi connectivity index (χ1) is 9.36. The Morgan fingerprint density at radius 2 is 1.80 bits per heavy atom. The van der Waals surface area contributed by atoms with Gasteiger partial charge in [-0.3, -0.25) is 0 Å². The van der Waals surface area contributed by atoms with Crippen LogP contribution in [-0.4, -0.2) is 31.1 Å². The Morgan fingerprint density at radius 3 is 2.35 bits per heavy atom. The molecular formula is C18H32N2. The highest BCUT2D eigenvalue weighted by Gasteiger charge is 2.19. The monoisotopic (exact) mass is 276 g/mol. The molecule has 0 aliphatic rings. The van der Waals surface area contributed by atoms with E-state index in [4.69, 9.17) is 0 Å². The number of rotatable bonds is 7. The van der Waals surface area contributed by atoms with Gasteiger partial charge in [-0.2, -0.15) is 0 Å². The third-order valence-corrected chi connectivity index (χ3v) is 4.39. The van der Waals surface area contributed by atoms with Crippen LogP contribution in [0.2, 0.25) is 0 Å². The van der Waals surface area contributed by atoms with Gasteiger partial charge in [-0.1, -0.05) is 44.5 Å². The molecule has 0 aliphatic heterocycles. The van der Waals surface area contributed by atoms with Crippen molar-refractivity contribution in [2.75, 3.05) is 20.1 Å². The summed E-state index contributed by atoms with van der Waals surface area (Å²) in [5.41, 5.74) is 4.16.